The number of carbonyl (C=O) groups is 2. The Morgan fingerprint density at radius 3 is 2.56 bits per heavy atom. The van der Waals surface area contributed by atoms with Crippen molar-refractivity contribution < 1.29 is 9.59 Å². The molecule has 0 bridgehead atoms. The number of hydrogen-bond donors (Lipinski definition) is 1. The lowest BCUT2D eigenvalue weighted by molar-refractivity contribution is -0.121. The molecular weight excluding hydrogens is 364 g/mol. The van der Waals surface area contributed by atoms with Gasteiger partial charge in [-0.3, -0.25) is 9.59 Å². The maximum absolute atomic E-state index is 12.3. The van der Waals surface area contributed by atoms with Gasteiger partial charge in [-0.1, -0.05) is 15.9 Å². The van der Waals surface area contributed by atoms with Crippen LogP contribution >= 0.6 is 31.9 Å². The second-order valence-electron chi connectivity index (χ2n) is 3.62. The van der Waals surface area contributed by atoms with Crippen LogP contribution in [0.2, 0.25) is 0 Å². The third-order valence-electron chi connectivity index (χ3n) is 2.44. The molecule has 0 radical (unpaired) electrons. The number of nitrogens with one attached hydrogen (secondary N) is 1. The first-order valence-electron chi connectivity index (χ1n) is 5.44. The molecule has 1 rings (SSSR count). The van der Waals surface area contributed by atoms with E-state index in [0.29, 0.717) is 16.6 Å². The summed E-state index contributed by atoms with van der Waals surface area (Å²) >= 11 is 6.67. The molecule has 0 aliphatic rings. The quantitative estimate of drug-likeness (QED) is 0.875. The SMILES string of the molecule is CCN(CC(=O)NC)C(=O)c1cc(Br)ccc1Br. The zero-order valence-electron chi connectivity index (χ0n) is 10.2. The minimum atomic E-state index is -0.184. The molecule has 0 aromatic heterocycles. The zero-order valence-corrected chi connectivity index (χ0v) is 13.3. The van der Waals surface area contributed by atoms with Crippen molar-refractivity contribution in [2.75, 3.05) is 20.1 Å². The summed E-state index contributed by atoms with van der Waals surface area (Å²) in [5, 5.41) is 2.51. The van der Waals surface area contributed by atoms with E-state index >= 15 is 0 Å². The van der Waals surface area contributed by atoms with Gasteiger partial charge in [0.15, 0.2) is 0 Å². The van der Waals surface area contributed by atoms with Crippen LogP contribution in [0.3, 0.4) is 0 Å². The topological polar surface area (TPSA) is 49.4 Å². The first kappa shape index (κ1) is 15.2. The monoisotopic (exact) mass is 376 g/mol. The van der Waals surface area contributed by atoms with Gasteiger partial charge in [-0.05, 0) is 41.1 Å². The van der Waals surface area contributed by atoms with E-state index < -0.39 is 0 Å². The summed E-state index contributed by atoms with van der Waals surface area (Å²) in [6.07, 6.45) is 0. The lowest BCUT2D eigenvalue weighted by Gasteiger charge is -2.20. The number of hydrogen-bond acceptors (Lipinski definition) is 2. The Morgan fingerprint density at radius 2 is 2.00 bits per heavy atom. The molecule has 0 saturated heterocycles. The van der Waals surface area contributed by atoms with Crippen LogP contribution in [-0.2, 0) is 4.79 Å². The van der Waals surface area contributed by atoms with Crippen molar-refractivity contribution in [1.29, 1.82) is 0 Å². The van der Waals surface area contributed by atoms with Gasteiger partial charge in [-0.25, -0.2) is 0 Å². The molecular formula is C12H14Br2N2O2. The van der Waals surface area contributed by atoms with Gasteiger partial charge in [0.25, 0.3) is 5.91 Å². The van der Waals surface area contributed by atoms with Crippen LogP contribution in [0, 0.1) is 0 Å². The number of amides is 2. The second-order valence-corrected chi connectivity index (χ2v) is 5.39. The van der Waals surface area contributed by atoms with Gasteiger partial charge in [0.2, 0.25) is 5.91 Å². The molecule has 18 heavy (non-hydrogen) atoms. The summed E-state index contributed by atoms with van der Waals surface area (Å²) in [7, 11) is 1.55. The summed E-state index contributed by atoms with van der Waals surface area (Å²) < 4.78 is 1.54. The molecule has 0 aliphatic heterocycles. The molecule has 4 nitrogen and oxygen atoms in total. The first-order valence-corrected chi connectivity index (χ1v) is 7.03. The van der Waals surface area contributed by atoms with Gasteiger partial charge in [-0.15, -0.1) is 0 Å². The van der Waals surface area contributed by atoms with Gasteiger partial charge in [-0.2, -0.15) is 0 Å². The highest BCUT2D eigenvalue weighted by Gasteiger charge is 2.19. The second kappa shape index (κ2) is 6.89. The molecule has 6 heteroatoms. The zero-order chi connectivity index (χ0) is 13.7. The smallest absolute Gasteiger partial charge is 0.255 e. The van der Waals surface area contributed by atoms with Crippen LogP contribution in [0.15, 0.2) is 27.1 Å². The van der Waals surface area contributed by atoms with Gasteiger partial charge < -0.3 is 10.2 Å². The van der Waals surface area contributed by atoms with Crippen molar-refractivity contribution in [3.63, 3.8) is 0 Å². The average molecular weight is 378 g/mol. The van der Waals surface area contributed by atoms with Crippen molar-refractivity contribution in [3.05, 3.63) is 32.7 Å². The molecule has 0 aliphatic carbocycles. The maximum Gasteiger partial charge on any atom is 0.255 e. The Kier molecular flexibility index (Phi) is 5.81. The maximum atomic E-state index is 12.3. The molecule has 0 fully saturated rings. The van der Waals surface area contributed by atoms with Crippen molar-refractivity contribution in [1.82, 2.24) is 10.2 Å². The van der Waals surface area contributed by atoms with E-state index in [2.05, 4.69) is 37.2 Å². The van der Waals surface area contributed by atoms with Gasteiger partial charge >= 0.3 is 0 Å². The van der Waals surface area contributed by atoms with Crippen molar-refractivity contribution in [3.8, 4) is 0 Å². The van der Waals surface area contributed by atoms with Crippen LogP contribution in [0.4, 0.5) is 0 Å². The fraction of sp³-hybridized carbons (Fsp3) is 0.333. The average Bonchev–Trinajstić information content (AvgIpc) is 2.37. The predicted octanol–water partition coefficient (Wildman–Crippen LogP) is 2.42. The third kappa shape index (κ3) is 3.81. The summed E-state index contributed by atoms with van der Waals surface area (Å²) in [6, 6.07) is 5.37. The molecule has 0 atom stereocenters. The van der Waals surface area contributed by atoms with Crippen molar-refractivity contribution >= 4 is 43.7 Å². The molecule has 1 N–H and O–H groups in total. The van der Waals surface area contributed by atoms with Crippen molar-refractivity contribution in [2.45, 2.75) is 6.92 Å². The van der Waals surface area contributed by atoms with Crippen LogP contribution in [0.1, 0.15) is 17.3 Å². The fourth-order valence-electron chi connectivity index (χ4n) is 1.41. The first-order chi connectivity index (χ1) is 8.49. The van der Waals surface area contributed by atoms with Crippen LogP contribution in [0.5, 0.6) is 0 Å². The van der Waals surface area contributed by atoms with E-state index in [1.54, 1.807) is 19.2 Å². The minimum absolute atomic E-state index is 0.0603. The molecule has 0 spiro atoms. The van der Waals surface area contributed by atoms with Crippen LogP contribution < -0.4 is 5.32 Å². The Morgan fingerprint density at radius 1 is 1.33 bits per heavy atom. The molecule has 98 valence electrons. The Bertz CT molecular complexity index is 463. The Labute approximate surface area is 123 Å². The van der Waals surface area contributed by atoms with Gasteiger partial charge in [0.1, 0.15) is 0 Å². The molecule has 1 aromatic carbocycles. The standard InChI is InChI=1S/C12H14Br2N2O2/c1-3-16(7-11(17)15-2)12(18)9-6-8(13)4-5-10(9)14/h4-6H,3,7H2,1-2H3,(H,15,17). The van der Waals surface area contributed by atoms with E-state index in [-0.39, 0.29) is 18.4 Å². The third-order valence-corrected chi connectivity index (χ3v) is 3.63. The number of likely N-dealkylation sites (N-methyl/N-ethyl adjacent to an activating group) is 2. The van der Waals surface area contributed by atoms with Crippen molar-refractivity contribution in [2.24, 2.45) is 0 Å². The highest BCUT2D eigenvalue weighted by molar-refractivity contribution is 9.11. The number of nitrogens with zero attached hydrogens (tertiary/aromatic N) is 1. The van der Waals surface area contributed by atoms with E-state index in [1.807, 2.05) is 13.0 Å². The summed E-state index contributed by atoms with van der Waals surface area (Å²) in [4.78, 5) is 25.1. The molecule has 0 heterocycles. The number of rotatable bonds is 4. The number of carbonyl (C=O) groups excluding carboxylic acids is 2. The molecule has 0 saturated carbocycles. The van der Waals surface area contributed by atoms with Gasteiger partial charge in [0, 0.05) is 22.5 Å². The van der Waals surface area contributed by atoms with E-state index in [4.69, 9.17) is 0 Å². The number of benzene rings is 1. The Hall–Kier alpha value is -0.880. The van der Waals surface area contributed by atoms with Crippen LogP contribution in [-0.4, -0.2) is 36.9 Å². The summed E-state index contributed by atoms with van der Waals surface area (Å²) in [6.45, 7) is 2.38. The Balaban J connectivity index is 2.96. The molecule has 0 unspecified atom stereocenters. The predicted molar refractivity (Wildman–Crippen MR) is 77.5 cm³/mol. The normalized spacial score (nSPS) is 10.0. The number of halogens is 2. The molecule has 1 aromatic rings. The minimum Gasteiger partial charge on any atom is -0.358 e. The van der Waals surface area contributed by atoms with Gasteiger partial charge in [0.05, 0.1) is 12.1 Å². The highest BCUT2D eigenvalue weighted by atomic mass is 79.9. The van der Waals surface area contributed by atoms with E-state index in [9.17, 15) is 9.59 Å². The van der Waals surface area contributed by atoms with E-state index in [1.165, 1.54) is 4.90 Å². The molecule has 2 amide bonds. The lowest BCUT2D eigenvalue weighted by atomic mass is 10.2. The largest absolute Gasteiger partial charge is 0.358 e. The summed E-state index contributed by atoms with van der Waals surface area (Å²) in [5.74, 6) is -0.356. The highest BCUT2D eigenvalue weighted by Crippen LogP contribution is 2.22. The van der Waals surface area contributed by atoms with E-state index in [0.717, 1.165) is 4.47 Å². The van der Waals surface area contributed by atoms with Crippen LogP contribution in [0.25, 0.3) is 0 Å². The summed E-state index contributed by atoms with van der Waals surface area (Å²) in [5.41, 5.74) is 0.537. The lowest BCUT2D eigenvalue weighted by Crippen LogP contribution is -2.39. The fourth-order valence-corrected chi connectivity index (χ4v) is 2.19.